The zero-order chi connectivity index (χ0) is 18.6. The van der Waals surface area contributed by atoms with E-state index in [1.54, 1.807) is 30.5 Å². The van der Waals surface area contributed by atoms with Gasteiger partial charge in [-0.25, -0.2) is 14.8 Å². The molecule has 1 aliphatic rings. The van der Waals surface area contributed by atoms with E-state index in [-0.39, 0.29) is 5.91 Å². The minimum atomic E-state index is -0.361. The molecule has 0 aliphatic carbocycles. The second-order valence-corrected chi connectivity index (χ2v) is 6.15. The summed E-state index contributed by atoms with van der Waals surface area (Å²) in [5.74, 6) is 1.29. The molecule has 1 N–H and O–H groups in total. The zero-order valence-electron chi connectivity index (χ0n) is 14.6. The molecule has 0 saturated carbocycles. The number of aromatic nitrogens is 3. The van der Waals surface area contributed by atoms with Gasteiger partial charge in [0.1, 0.15) is 17.3 Å². The normalized spacial score (nSPS) is 14.0. The number of benzene rings is 1. The molecule has 0 spiro atoms. The topological polar surface area (TPSA) is 73.4 Å². The monoisotopic (exact) mass is 359 g/mol. The third-order valence-corrected chi connectivity index (χ3v) is 4.32. The van der Waals surface area contributed by atoms with Gasteiger partial charge in [0.15, 0.2) is 11.5 Å². The molecule has 134 valence electrons. The van der Waals surface area contributed by atoms with Crippen molar-refractivity contribution in [1.29, 1.82) is 0 Å². The maximum absolute atomic E-state index is 12.8. The summed E-state index contributed by atoms with van der Waals surface area (Å²) in [4.78, 5) is 25.1. The molecule has 0 radical (unpaired) electrons. The third-order valence-electron chi connectivity index (χ3n) is 4.32. The van der Waals surface area contributed by atoms with Crippen LogP contribution in [0.5, 0.6) is 5.75 Å². The molecule has 1 aromatic carbocycles. The predicted octanol–water partition coefficient (Wildman–Crippen LogP) is 3.92. The van der Waals surface area contributed by atoms with Gasteiger partial charge in [-0.1, -0.05) is 12.1 Å². The average Bonchev–Trinajstić information content (AvgIpc) is 3.16. The summed E-state index contributed by atoms with van der Waals surface area (Å²) in [6, 6.07) is 10.3. The number of pyridine rings is 1. The molecule has 0 fully saturated rings. The van der Waals surface area contributed by atoms with Crippen LogP contribution in [0.1, 0.15) is 23.2 Å². The van der Waals surface area contributed by atoms with Gasteiger partial charge in [-0.15, -0.1) is 0 Å². The van der Waals surface area contributed by atoms with Crippen LogP contribution in [-0.4, -0.2) is 27.0 Å². The Balaban J connectivity index is 1.75. The van der Waals surface area contributed by atoms with E-state index in [1.807, 2.05) is 18.3 Å². The van der Waals surface area contributed by atoms with Crippen molar-refractivity contribution in [2.24, 2.45) is 0 Å². The molecule has 1 amide bonds. The lowest BCUT2D eigenvalue weighted by atomic mass is 10.1. The fraction of sp³-hybridized carbons (Fsp3) is 0.200. The Morgan fingerprint density at radius 1 is 1.22 bits per heavy atom. The van der Waals surface area contributed by atoms with Crippen molar-refractivity contribution in [3.63, 3.8) is 0 Å². The van der Waals surface area contributed by atoms with Crippen molar-refractivity contribution in [3.8, 4) is 17.3 Å². The van der Waals surface area contributed by atoms with E-state index in [0.717, 1.165) is 25.2 Å². The lowest BCUT2D eigenvalue weighted by Crippen LogP contribution is -2.15. The van der Waals surface area contributed by atoms with Gasteiger partial charge in [0.2, 0.25) is 0 Å². The molecular formula is C20H17N5O2. The fourth-order valence-electron chi connectivity index (χ4n) is 2.99. The Hall–Kier alpha value is -3.66. The Bertz CT molecular complexity index is 1030. The smallest absolute Gasteiger partial charge is 0.259 e. The largest absolute Gasteiger partial charge is 0.493 e. The average molecular weight is 359 g/mol. The number of ether oxygens (including phenoxy) is 1. The van der Waals surface area contributed by atoms with Crippen LogP contribution in [0.2, 0.25) is 0 Å². The van der Waals surface area contributed by atoms with Crippen LogP contribution in [0.25, 0.3) is 16.4 Å². The van der Waals surface area contributed by atoms with E-state index in [1.165, 1.54) is 0 Å². The van der Waals surface area contributed by atoms with E-state index in [2.05, 4.69) is 24.7 Å². The fourth-order valence-corrected chi connectivity index (χ4v) is 2.99. The zero-order valence-corrected chi connectivity index (χ0v) is 14.6. The molecule has 3 aromatic rings. The Morgan fingerprint density at radius 2 is 2.15 bits per heavy atom. The second kappa shape index (κ2) is 7.30. The number of amides is 1. The van der Waals surface area contributed by atoms with Crippen LogP contribution in [0.3, 0.4) is 0 Å². The number of hydrogen-bond donors (Lipinski definition) is 1. The van der Waals surface area contributed by atoms with E-state index in [4.69, 9.17) is 11.3 Å². The first kappa shape index (κ1) is 16.8. The Kier molecular flexibility index (Phi) is 4.54. The van der Waals surface area contributed by atoms with Crippen molar-refractivity contribution < 1.29 is 9.53 Å². The number of nitrogens with one attached hydrogen (secondary N) is 1. The molecule has 7 nitrogen and oxygen atoms in total. The minimum absolute atomic E-state index is 0.328. The lowest BCUT2D eigenvalue weighted by Gasteiger charge is -2.14. The maximum atomic E-state index is 12.8. The molecule has 0 saturated heterocycles. The number of nitrogens with zero attached hydrogens (tertiary/aromatic N) is 4. The maximum Gasteiger partial charge on any atom is 0.259 e. The number of carbonyl (C=O) groups excluding carboxylic acids is 1. The predicted molar refractivity (Wildman–Crippen MR) is 101 cm³/mol. The standard InChI is InChI=1S/C20H17N5O2/c1-21-14-7-8-17-15(13-14)20(26)24-18-6-4-5-16(23-18)19-22-9-11-25(19)10-2-3-12-27-17/h4-9,11,13H,2-3,10,12H2,(H,23,24,26). The molecular weight excluding hydrogens is 342 g/mol. The van der Waals surface area contributed by atoms with Gasteiger partial charge in [-0.2, -0.15) is 0 Å². The SMILES string of the molecule is [C-]#[N+]c1ccc2c(c1)C(=O)Nc1cccc(n1)-c1nccn1CCCCO2. The van der Waals surface area contributed by atoms with Gasteiger partial charge in [0.05, 0.1) is 18.7 Å². The van der Waals surface area contributed by atoms with E-state index in [9.17, 15) is 4.79 Å². The van der Waals surface area contributed by atoms with Crippen molar-refractivity contribution in [2.45, 2.75) is 19.4 Å². The Labute approximate surface area is 156 Å². The summed E-state index contributed by atoms with van der Waals surface area (Å²) in [6.07, 6.45) is 5.41. The van der Waals surface area contributed by atoms with Gasteiger partial charge in [-0.05, 0) is 37.1 Å². The first-order valence-electron chi connectivity index (χ1n) is 8.69. The highest BCUT2D eigenvalue weighted by Gasteiger charge is 2.16. The van der Waals surface area contributed by atoms with Gasteiger partial charge in [-0.3, -0.25) is 4.79 Å². The highest BCUT2D eigenvalue weighted by Crippen LogP contribution is 2.26. The van der Waals surface area contributed by atoms with Crippen LogP contribution in [0, 0.1) is 6.57 Å². The second-order valence-electron chi connectivity index (χ2n) is 6.15. The number of anilines is 1. The number of aryl methyl sites for hydroxylation is 1. The molecule has 3 heterocycles. The molecule has 0 unspecified atom stereocenters. The molecule has 7 heteroatoms. The van der Waals surface area contributed by atoms with Gasteiger partial charge in [0.25, 0.3) is 5.91 Å². The first-order valence-corrected chi connectivity index (χ1v) is 8.69. The molecule has 4 rings (SSSR count). The molecule has 0 atom stereocenters. The molecule has 2 aromatic heterocycles. The quantitative estimate of drug-likeness (QED) is 0.618. The lowest BCUT2D eigenvalue weighted by molar-refractivity contribution is 0.102. The van der Waals surface area contributed by atoms with Gasteiger partial charge >= 0.3 is 0 Å². The number of imidazole rings is 1. The van der Waals surface area contributed by atoms with Crippen LogP contribution in [-0.2, 0) is 6.54 Å². The summed E-state index contributed by atoms with van der Waals surface area (Å²) in [7, 11) is 0. The summed E-state index contributed by atoms with van der Waals surface area (Å²) in [5.41, 5.74) is 1.41. The number of rotatable bonds is 0. The van der Waals surface area contributed by atoms with Crippen molar-refractivity contribution in [1.82, 2.24) is 14.5 Å². The van der Waals surface area contributed by atoms with Crippen molar-refractivity contribution >= 4 is 17.4 Å². The summed E-state index contributed by atoms with van der Waals surface area (Å²) >= 11 is 0. The van der Waals surface area contributed by atoms with E-state index >= 15 is 0 Å². The van der Waals surface area contributed by atoms with Crippen LogP contribution < -0.4 is 10.1 Å². The van der Waals surface area contributed by atoms with E-state index < -0.39 is 0 Å². The van der Waals surface area contributed by atoms with Gasteiger partial charge < -0.3 is 14.6 Å². The summed E-state index contributed by atoms with van der Waals surface area (Å²) < 4.78 is 7.87. The molecule has 27 heavy (non-hydrogen) atoms. The first-order chi connectivity index (χ1) is 13.2. The van der Waals surface area contributed by atoms with Crippen molar-refractivity contribution in [3.05, 3.63) is 65.8 Å². The third kappa shape index (κ3) is 3.51. The number of carbonyl (C=O) groups is 1. The summed E-state index contributed by atoms with van der Waals surface area (Å²) in [6.45, 7) is 8.48. The highest BCUT2D eigenvalue weighted by molar-refractivity contribution is 6.06. The minimum Gasteiger partial charge on any atom is -0.493 e. The highest BCUT2D eigenvalue weighted by atomic mass is 16.5. The van der Waals surface area contributed by atoms with Crippen LogP contribution in [0.15, 0.2) is 48.8 Å². The van der Waals surface area contributed by atoms with Crippen LogP contribution >= 0.6 is 0 Å². The number of fused-ring (bicyclic) bond motifs is 5. The number of hydrogen-bond acceptors (Lipinski definition) is 4. The van der Waals surface area contributed by atoms with Crippen molar-refractivity contribution in [2.75, 3.05) is 11.9 Å². The summed E-state index contributed by atoms with van der Waals surface area (Å²) in [5, 5.41) is 2.80. The van der Waals surface area contributed by atoms with Crippen LogP contribution in [0.4, 0.5) is 11.5 Å². The van der Waals surface area contributed by atoms with Gasteiger partial charge in [0, 0.05) is 18.9 Å². The Morgan fingerprint density at radius 3 is 3.04 bits per heavy atom. The van der Waals surface area contributed by atoms with E-state index in [0.29, 0.717) is 35.1 Å². The molecule has 1 aliphatic heterocycles. The molecule has 2 bridgehead atoms.